The summed E-state index contributed by atoms with van der Waals surface area (Å²) in [6.45, 7) is 8.42. The molecule has 18 heavy (non-hydrogen) atoms. The molecule has 1 atom stereocenters. The van der Waals surface area contributed by atoms with Gasteiger partial charge in [-0.15, -0.1) is 5.10 Å². The zero-order valence-corrected chi connectivity index (χ0v) is 12.1. The lowest BCUT2D eigenvalue weighted by atomic mass is 10.2. The predicted molar refractivity (Wildman–Crippen MR) is 76.8 cm³/mol. The minimum Gasteiger partial charge on any atom is -0.355 e. The fraction of sp³-hybridized carbons (Fsp3) is 0.714. The van der Waals surface area contributed by atoms with Gasteiger partial charge >= 0.3 is 0 Å². The zero-order valence-electron chi connectivity index (χ0n) is 12.1. The predicted octanol–water partition coefficient (Wildman–Crippen LogP) is 2.60. The van der Waals surface area contributed by atoms with E-state index in [1.54, 1.807) is 0 Å². The Morgan fingerprint density at radius 2 is 2.00 bits per heavy atom. The molecule has 1 aromatic heterocycles. The van der Waals surface area contributed by atoms with Crippen LogP contribution < -0.4 is 10.2 Å². The quantitative estimate of drug-likeness (QED) is 0.720. The summed E-state index contributed by atoms with van der Waals surface area (Å²) >= 11 is 0. The van der Waals surface area contributed by atoms with Gasteiger partial charge in [-0.2, -0.15) is 5.10 Å². The maximum absolute atomic E-state index is 4.30. The number of anilines is 1. The van der Waals surface area contributed by atoms with Crippen molar-refractivity contribution in [2.75, 3.05) is 18.5 Å². The Balaban J connectivity index is 2.53. The molecule has 0 saturated carbocycles. The lowest BCUT2D eigenvalue weighted by Gasteiger charge is -2.25. The van der Waals surface area contributed by atoms with Crippen molar-refractivity contribution in [3.63, 3.8) is 0 Å². The SMILES string of the molecule is CCCNCc1ccc(N(C)C(C)CCC)nn1. The Morgan fingerprint density at radius 3 is 2.56 bits per heavy atom. The molecule has 4 heteroatoms. The van der Waals surface area contributed by atoms with Gasteiger partial charge < -0.3 is 10.2 Å². The highest BCUT2D eigenvalue weighted by Gasteiger charge is 2.10. The molecule has 0 fully saturated rings. The average molecular weight is 250 g/mol. The van der Waals surface area contributed by atoms with Crippen molar-refractivity contribution in [2.45, 2.75) is 52.6 Å². The van der Waals surface area contributed by atoms with Gasteiger partial charge in [0.2, 0.25) is 0 Å². The van der Waals surface area contributed by atoms with Gasteiger partial charge in [0.1, 0.15) is 0 Å². The van der Waals surface area contributed by atoms with E-state index < -0.39 is 0 Å². The van der Waals surface area contributed by atoms with Crippen LogP contribution in [0.4, 0.5) is 5.82 Å². The normalized spacial score (nSPS) is 12.4. The van der Waals surface area contributed by atoms with E-state index in [9.17, 15) is 0 Å². The first-order valence-electron chi connectivity index (χ1n) is 6.95. The Hall–Kier alpha value is -1.16. The number of hydrogen-bond acceptors (Lipinski definition) is 4. The third-order valence-corrected chi connectivity index (χ3v) is 3.17. The summed E-state index contributed by atoms with van der Waals surface area (Å²) in [5.74, 6) is 0.954. The molecule has 102 valence electrons. The van der Waals surface area contributed by atoms with Gasteiger partial charge in [-0.3, -0.25) is 0 Å². The molecule has 1 aromatic rings. The fourth-order valence-corrected chi connectivity index (χ4v) is 1.87. The number of hydrogen-bond donors (Lipinski definition) is 1. The number of aromatic nitrogens is 2. The van der Waals surface area contributed by atoms with Crippen molar-refractivity contribution in [3.05, 3.63) is 17.8 Å². The van der Waals surface area contributed by atoms with Crippen molar-refractivity contribution in [2.24, 2.45) is 0 Å². The van der Waals surface area contributed by atoms with Crippen molar-refractivity contribution in [3.8, 4) is 0 Å². The summed E-state index contributed by atoms with van der Waals surface area (Å²) in [5.41, 5.74) is 1.00. The molecule has 0 radical (unpaired) electrons. The van der Waals surface area contributed by atoms with Crippen LogP contribution in [0.15, 0.2) is 12.1 Å². The lowest BCUT2D eigenvalue weighted by molar-refractivity contribution is 0.605. The van der Waals surface area contributed by atoms with Gasteiger partial charge in [0.15, 0.2) is 5.82 Å². The van der Waals surface area contributed by atoms with Gasteiger partial charge in [-0.1, -0.05) is 20.3 Å². The van der Waals surface area contributed by atoms with Gasteiger partial charge in [-0.05, 0) is 38.4 Å². The third-order valence-electron chi connectivity index (χ3n) is 3.17. The molecule has 0 bridgehead atoms. The lowest BCUT2D eigenvalue weighted by Crippen LogP contribution is -2.29. The number of nitrogens with one attached hydrogen (secondary N) is 1. The van der Waals surface area contributed by atoms with Crippen molar-refractivity contribution < 1.29 is 0 Å². The average Bonchev–Trinajstić information content (AvgIpc) is 2.39. The second kappa shape index (κ2) is 8.03. The second-order valence-corrected chi connectivity index (χ2v) is 4.81. The van der Waals surface area contributed by atoms with Crippen LogP contribution in [0.3, 0.4) is 0 Å². The fourth-order valence-electron chi connectivity index (χ4n) is 1.87. The number of rotatable bonds is 8. The first-order valence-corrected chi connectivity index (χ1v) is 6.95. The Kier molecular flexibility index (Phi) is 6.65. The van der Waals surface area contributed by atoms with Gasteiger partial charge in [0, 0.05) is 19.6 Å². The Morgan fingerprint density at radius 1 is 1.22 bits per heavy atom. The van der Waals surface area contributed by atoms with Crippen LogP contribution in [0, 0.1) is 0 Å². The van der Waals surface area contributed by atoms with E-state index in [1.165, 1.54) is 12.8 Å². The minimum absolute atomic E-state index is 0.508. The second-order valence-electron chi connectivity index (χ2n) is 4.81. The Labute approximate surface area is 111 Å². The minimum atomic E-state index is 0.508. The molecule has 0 aliphatic rings. The molecule has 0 saturated heterocycles. The summed E-state index contributed by atoms with van der Waals surface area (Å²) in [5, 5.41) is 11.9. The number of nitrogens with zero attached hydrogens (tertiary/aromatic N) is 3. The summed E-state index contributed by atoms with van der Waals surface area (Å²) in [6, 6.07) is 4.62. The van der Waals surface area contributed by atoms with E-state index in [4.69, 9.17) is 0 Å². The molecule has 1 unspecified atom stereocenters. The van der Waals surface area contributed by atoms with Crippen LogP contribution in [0.25, 0.3) is 0 Å². The van der Waals surface area contributed by atoms with Crippen molar-refractivity contribution >= 4 is 5.82 Å². The van der Waals surface area contributed by atoms with Crippen LogP contribution in [-0.4, -0.2) is 29.8 Å². The summed E-state index contributed by atoms with van der Waals surface area (Å²) in [6.07, 6.45) is 3.51. The smallest absolute Gasteiger partial charge is 0.151 e. The van der Waals surface area contributed by atoms with E-state index in [-0.39, 0.29) is 0 Å². The molecule has 0 aromatic carbocycles. The van der Waals surface area contributed by atoms with Crippen LogP contribution in [0.1, 0.15) is 45.7 Å². The van der Waals surface area contributed by atoms with Gasteiger partial charge in [0.25, 0.3) is 0 Å². The first kappa shape index (κ1) is 14.9. The largest absolute Gasteiger partial charge is 0.355 e. The van der Waals surface area contributed by atoms with Crippen LogP contribution in [-0.2, 0) is 6.54 Å². The topological polar surface area (TPSA) is 41.0 Å². The molecule has 0 aliphatic carbocycles. The van der Waals surface area contributed by atoms with Crippen molar-refractivity contribution in [1.82, 2.24) is 15.5 Å². The molecule has 1 N–H and O–H groups in total. The highest BCUT2D eigenvalue weighted by Crippen LogP contribution is 2.13. The van der Waals surface area contributed by atoms with E-state index in [0.717, 1.165) is 31.0 Å². The monoisotopic (exact) mass is 250 g/mol. The standard InChI is InChI=1S/C14H26N4/c1-5-7-12(3)18(4)14-9-8-13(16-17-14)11-15-10-6-2/h8-9,12,15H,5-7,10-11H2,1-4H3. The summed E-state index contributed by atoms with van der Waals surface area (Å²) in [4.78, 5) is 2.19. The summed E-state index contributed by atoms with van der Waals surface area (Å²) in [7, 11) is 2.08. The highest BCUT2D eigenvalue weighted by atomic mass is 15.3. The van der Waals surface area contributed by atoms with E-state index in [2.05, 4.69) is 60.4 Å². The first-order chi connectivity index (χ1) is 8.69. The molecule has 0 aliphatic heterocycles. The van der Waals surface area contributed by atoms with E-state index in [1.807, 2.05) is 0 Å². The molecule has 1 heterocycles. The molecular formula is C14H26N4. The Bertz CT molecular complexity index is 323. The van der Waals surface area contributed by atoms with Crippen LogP contribution in [0.5, 0.6) is 0 Å². The molecule has 0 amide bonds. The highest BCUT2D eigenvalue weighted by molar-refractivity contribution is 5.37. The van der Waals surface area contributed by atoms with E-state index in [0.29, 0.717) is 6.04 Å². The maximum atomic E-state index is 4.30. The van der Waals surface area contributed by atoms with Crippen molar-refractivity contribution in [1.29, 1.82) is 0 Å². The summed E-state index contributed by atoms with van der Waals surface area (Å²) < 4.78 is 0. The third kappa shape index (κ3) is 4.61. The maximum Gasteiger partial charge on any atom is 0.151 e. The molecule has 4 nitrogen and oxygen atoms in total. The molecular weight excluding hydrogens is 224 g/mol. The van der Waals surface area contributed by atoms with Crippen LogP contribution >= 0.6 is 0 Å². The van der Waals surface area contributed by atoms with E-state index >= 15 is 0 Å². The zero-order chi connectivity index (χ0) is 13.4. The molecule has 0 spiro atoms. The van der Waals surface area contributed by atoms with Gasteiger partial charge in [0.05, 0.1) is 5.69 Å². The van der Waals surface area contributed by atoms with Crippen LogP contribution in [0.2, 0.25) is 0 Å². The van der Waals surface area contributed by atoms with Gasteiger partial charge in [-0.25, -0.2) is 0 Å². The molecule has 1 rings (SSSR count).